The van der Waals surface area contributed by atoms with E-state index in [0.29, 0.717) is 5.69 Å². The Morgan fingerprint density at radius 3 is 2.52 bits per heavy atom. The lowest BCUT2D eigenvalue weighted by molar-refractivity contribution is -0.386. The van der Waals surface area contributed by atoms with E-state index in [-0.39, 0.29) is 23.6 Å². The van der Waals surface area contributed by atoms with Gasteiger partial charge in [-0.05, 0) is 38.1 Å². The number of benzene rings is 1. The normalized spacial score (nSPS) is 10.4. The van der Waals surface area contributed by atoms with Crippen LogP contribution in [0, 0.1) is 24.0 Å². The summed E-state index contributed by atoms with van der Waals surface area (Å²) < 4.78 is 6.93. The molecule has 0 unspecified atom stereocenters. The fourth-order valence-corrected chi connectivity index (χ4v) is 2.41. The van der Waals surface area contributed by atoms with Crippen molar-refractivity contribution in [3.63, 3.8) is 0 Å². The zero-order chi connectivity index (χ0) is 18.6. The minimum atomic E-state index is -0.716. The Hall–Kier alpha value is -2.75. The highest BCUT2D eigenvalue weighted by Gasteiger charge is 2.23. The van der Waals surface area contributed by atoms with E-state index in [1.165, 1.54) is 18.5 Å². The van der Waals surface area contributed by atoms with Crippen molar-refractivity contribution >= 4 is 39.2 Å². The van der Waals surface area contributed by atoms with E-state index < -0.39 is 23.4 Å². The van der Waals surface area contributed by atoms with Gasteiger partial charge in [-0.1, -0.05) is 15.9 Å². The predicted molar refractivity (Wildman–Crippen MR) is 92.1 cm³/mol. The number of rotatable bonds is 6. The lowest BCUT2D eigenvalue weighted by atomic mass is 10.3. The molecule has 1 N–H and O–H groups in total. The summed E-state index contributed by atoms with van der Waals surface area (Å²) in [5, 5.41) is 17.5. The van der Waals surface area contributed by atoms with Gasteiger partial charge in [0, 0.05) is 10.2 Å². The second kappa shape index (κ2) is 7.88. The van der Waals surface area contributed by atoms with Crippen LogP contribution in [0.3, 0.4) is 0 Å². The largest absolute Gasteiger partial charge is 0.454 e. The molecular formula is C15H15BrN4O5. The third-order valence-electron chi connectivity index (χ3n) is 3.30. The molecule has 0 fully saturated rings. The van der Waals surface area contributed by atoms with Crippen LogP contribution >= 0.6 is 15.9 Å². The Morgan fingerprint density at radius 2 is 1.96 bits per heavy atom. The summed E-state index contributed by atoms with van der Waals surface area (Å²) in [5.74, 6) is -1.21. The summed E-state index contributed by atoms with van der Waals surface area (Å²) in [4.78, 5) is 34.0. The zero-order valence-corrected chi connectivity index (χ0v) is 15.1. The first-order valence-corrected chi connectivity index (χ1v) is 7.96. The number of nitrogens with zero attached hydrogens (tertiary/aromatic N) is 3. The number of anilines is 1. The standard InChI is InChI=1S/C15H15BrN4O5/c1-9-15(20(23)24)10(2)19(18-9)7-14(22)25-8-13(21)17-12-5-3-11(16)4-6-12/h3-6H,7-8H2,1-2H3,(H,17,21). The molecule has 0 saturated carbocycles. The quantitative estimate of drug-likeness (QED) is 0.443. The molecule has 0 saturated heterocycles. The zero-order valence-electron chi connectivity index (χ0n) is 13.5. The first-order chi connectivity index (χ1) is 11.8. The number of amides is 1. The smallest absolute Gasteiger partial charge is 0.328 e. The first kappa shape index (κ1) is 18.6. The van der Waals surface area contributed by atoms with Gasteiger partial charge in [0.2, 0.25) is 0 Å². The van der Waals surface area contributed by atoms with E-state index in [9.17, 15) is 19.7 Å². The van der Waals surface area contributed by atoms with Crippen LogP contribution in [0.2, 0.25) is 0 Å². The Labute approximate surface area is 151 Å². The molecule has 1 aromatic carbocycles. The van der Waals surface area contributed by atoms with Crippen molar-refractivity contribution in [1.29, 1.82) is 0 Å². The van der Waals surface area contributed by atoms with Gasteiger partial charge in [-0.15, -0.1) is 0 Å². The molecule has 2 rings (SSSR count). The van der Waals surface area contributed by atoms with Gasteiger partial charge in [0.25, 0.3) is 5.91 Å². The molecule has 0 atom stereocenters. The van der Waals surface area contributed by atoms with Crippen molar-refractivity contribution in [3.8, 4) is 0 Å². The Morgan fingerprint density at radius 1 is 1.32 bits per heavy atom. The highest BCUT2D eigenvalue weighted by molar-refractivity contribution is 9.10. The Balaban J connectivity index is 1.88. The van der Waals surface area contributed by atoms with Crippen molar-refractivity contribution in [2.24, 2.45) is 0 Å². The summed E-state index contributed by atoms with van der Waals surface area (Å²) >= 11 is 3.28. The summed E-state index contributed by atoms with van der Waals surface area (Å²) in [7, 11) is 0. The van der Waals surface area contributed by atoms with E-state index in [1.807, 2.05) is 0 Å². The highest BCUT2D eigenvalue weighted by Crippen LogP contribution is 2.21. The maximum atomic E-state index is 11.8. The highest BCUT2D eigenvalue weighted by atomic mass is 79.9. The topological polar surface area (TPSA) is 116 Å². The van der Waals surface area contributed by atoms with Crippen LogP contribution in [0.4, 0.5) is 11.4 Å². The van der Waals surface area contributed by atoms with Gasteiger partial charge < -0.3 is 10.1 Å². The summed E-state index contributed by atoms with van der Waals surface area (Å²) in [6.45, 7) is 2.20. The molecule has 1 heterocycles. The maximum Gasteiger partial charge on any atom is 0.328 e. The fourth-order valence-electron chi connectivity index (χ4n) is 2.15. The molecule has 0 aliphatic heterocycles. The minimum absolute atomic E-state index is 0.138. The van der Waals surface area contributed by atoms with Crippen molar-refractivity contribution < 1.29 is 19.2 Å². The van der Waals surface area contributed by atoms with Crippen molar-refractivity contribution in [2.45, 2.75) is 20.4 Å². The SMILES string of the molecule is Cc1nn(CC(=O)OCC(=O)Nc2ccc(Br)cc2)c(C)c1[N+](=O)[O-]. The minimum Gasteiger partial charge on any atom is -0.454 e. The van der Waals surface area contributed by atoms with E-state index in [2.05, 4.69) is 26.3 Å². The molecule has 1 amide bonds. The number of aromatic nitrogens is 2. The van der Waals surface area contributed by atoms with Crippen LogP contribution in [0.15, 0.2) is 28.7 Å². The number of hydrogen-bond acceptors (Lipinski definition) is 6. The molecule has 0 spiro atoms. The number of carbonyl (C=O) groups excluding carboxylic acids is 2. The molecule has 0 aliphatic carbocycles. The molecule has 9 nitrogen and oxygen atoms in total. The third-order valence-corrected chi connectivity index (χ3v) is 3.83. The molecule has 2 aromatic rings. The number of hydrogen-bond donors (Lipinski definition) is 1. The number of aryl methyl sites for hydroxylation is 1. The average molecular weight is 411 g/mol. The van der Waals surface area contributed by atoms with Crippen LogP contribution in [0.25, 0.3) is 0 Å². The van der Waals surface area contributed by atoms with E-state index in [1.54, 1.807) is 24.3 Å². The molecule has 0 bridgehead atoms. The van der Waals surface area contributed by atoms with Crippen molar-refractivity contribution in [1.82, 2.24) is 9.78 Å². The molecule has 25 heavy (non-hydrogen) atoms. The van der Waals surface area contributed by atoms with Gasteiger partial charge in [0.15, 0.2) is 6.61 Å². The second-order valence-electron chi connectivity index (χ2n) is 5.15. The van der Waals surface area contributed by atoms with Crippen molar-refractivity contribution in [2.75, 3.05) is 11.9 Å². The first-order valence-electron chi connectivity index (χ1n) is 7.17. The van der Waals surface area contributed by atoms with E-state index in [0.717, 1.165) is 4.47 Å². The van der Waals surface area contributed by atoms with Crippen LogP contribution in [0.1, 0.15) is 11.4 Å². The van der Waals surface area contributed by atoms with Crippen molar-refractivity contribution in [3.05, 3.63) is 50.2 Å². The third kappa shape index (κ3) is 4.86. The average Bonchev–Trinajstić information content (AvgIpc) is 2.81. The summed E-state index contributed by atoms with van der Waals surface area (Å²) in [6, 6.07) is 6.91. The number of halogens is 1. The summed E-state index contributed by atoms with van der Waals surface area (Å²) in [6.07, 6.45) is 0. The van der Waals surface area contributed by atoms with E-state index in [4.69, 9.17) is 4.74 Å². The van der Waals surface area contributed by atoms with Crippen LogP contribution < -0.4 is 5.32 Å². The fraction of sp³-hybridized carbons (Fsp3) is 0.267. The van der Waals surface area contributed by atoms with Gasteiger partial charge in [-0.3, -0.25) is 24.4 Å². The van der Waals surface area contributed by atoms with Crippen LogP contribution in [0.5, 0.6) is 0 Å². The van der Waals surface area contributed by atoms with Gasteiger partial charge in [-0.2, -0.15) is 5.10 Å². The van der Waals surface area contributed by atoms with Crippen LogP contribution in [-0.2, 0) is 20.9 Å². The molecule has 1 aromatic heterocycles. The molecule has 10 heteroatoms. The molecule has 0 aliphatic rings. The maximum absolute atomic E-state index is 11.8. The lowest BCUT2D eigenvalue weighted by Crippen LogP contribution is -2.23. The second-order valence-corrected chi connectivity index (χ2v) is 6.07. The number of esters is 1. The monoisotopic (exact) mass is 410 g/mol. The number of nitrogens with one attached hydrogen (secondary N) is 1. The van der Waals surface area contributed by atoms with Gasteiger partial charge in [0.1, 0.15) is 17.9 Å². The lowest BCUT2D eigenvalue weighted by Gasteiger charge is -2.07. The number of carbonyl (C=O) groups is 2. The molecular weight excluding hydrogens is 396 g/mol. The van der Waals surface area contributed by atoms with E-state index >= 15 is 0 Å². The van der Waals surface area contributed by atoms with Crippen LogP contribution in [-0.4, -0.2) is 33.2 Å². The van der Waals surface area contributed by atoms with Gasteiger partial charge in [-0.25, -0.2) is 0 Å². The molecule has 0 radical (unpaired) electrons. The number of nitro groups is 1. The number of ether oxygens (including phenoxy) is 1. The summed E-state index contributed by atoms with van der Waals surface area (Å²) in [5.41, 5.74) is 0.890. The predicted octanol–water partition coefficient (Wildman–Crippen LogP) is 2.35. The molecule has 132 valence electrons. The Kier molecular flexibility index (Phi) is 5.86. The van der Waals surface area contributed by atoms with Gasteiger partial charge in [0.05, 0.1) is 4.92 Å². The Bertz CT molecular complexity index is 816. The van der Waals surface area contributed by atoms with Gasteiger partial charge >= 0.3 is 11.7 Å².